The monoisotopic (exact) mass is 481 g/mol. The van der Waals surface area contributed by atoms with Gasteiger partial charge in [0.2, 0.25) is 11.8 Å². The van der Waals surface area contributed by atoms with Crippen LogP contribution in [-0.2, 0) is 16.1 Å². The number of hydrogen-bond donors (Lipinski definition) is 1. The van der Waals surface area contributed by atoms with E-state index in [1.54, 1.807) is 9.58 Å². The standard InChI is InChI=1S/C29H31N5O2/c1-20-11-3-7-15-23(20)28(29(36)30-22-13-5-6-14-22)34(25-17-9-4-12-21(25)2)27(35)19-33-26-18-10-8-16-24(26)31-32-33/h3-4,7-12,15-18,22,28H,5-6,13-14,19H2,1-2H3,(H,30,36)/t28-/m0/s1. The summed E-state index contributed by atoms with van der Waals surface area (Å²) in [4.78, 5) is 29.7. The number of aryl methyl sites for hydroxylation is 2. The summed E-state index contributed by atoms with van der Waals surface area (Å²) in [6.07, 6.45) is 4.16. The van der Waals surface area contributed by atoms with Crippen molar-refractivity contribution >= 4 is 28.5 Å². The fourth-order valence-electron chi connectivity index (χ4n) is 5.13. The minimum atomic E-state index is -0.810. The van der Waals surface area contributed by atoms with Crippen molar-refractivity contribution in [3.05, 3.63) is 89.5 Å². The molecule has 1 aromatic heterocycles. The summed E-state index contributed by atoms with van der Waals surface area (Å²) in [5.74, 6) is -0.383. The van der Waals surface area contributed by atoms with Gasteiger partial charge in [0.15, 0.2) is 0 Å². The predicted molar refractivity (Wildman–Crippen MR) is 141 cm³/mol. The summed E-state index contributed by atoms with van der Waals surface area (Å²) in [7, 11) is 0. The third-order valence-electron chi connectivity index (χ3n) is 7.04. The lowest BCUT2D eigenvalue weighted by Gasteiger charge is -2.34. The Morgan fingerprint density at radius 1 is 0.944 bits per heavy atom. The van der Waals surface area contributed by atoms with Crippen LogP contribution in [0.2, 0.25) is 0 Å². The highest BCUT2D eigenvalue weighted by Gasteiger charge is 2.36. The molecule has 5 rings (SSSR count). The van der Waals surface area contributed by atoms with Crippen LogP contribution in [0.5, 0.6) is 0 Å². The molecule has 1 atom stereocenters. The molecule has 184 valence electrons. The third-order valence-corrected chi connectivity index (χ3v) is 7.04. The maximum atomic E-state index is 14.1. The minimum Gasteiger partial charge on any atom is -0.351 e. The van der Waals surface area contributed by atoms with Crippen LogP contribution in [0.15, 0.2) is 72.8 Å². The molecule has 1 N–H and O–H groups in total. The summed E-state index contributed by atoms with van der Waals surface area (Å²) < 4.78 is 1.60. The van der Waals surface area contributed by atoms with Crippen LogP contribution in [0.3, 0.4) is 0 Å². The van der Waals surface area contributed by atoms with Crippen LogP contribution < -0.4 is 10.2 Å². The second-order valence-electron chi connectivity index (χ2n) is 9.54. The zero-order valence-electron chi connectivity index (χ0n) is 20.7. The number of anilines is 1. The van der Waals surface area contributed by atoms with Crippen molar-refractivity contribution in [2.45, 2.75) is 58.2 Å². The Balaban J connectivity index is 1.60. The first-order chi connectivity index (χ1) is 17.5. The molecule has 0 aliphatic heterocycles. The molecule has 4 aromatic rings. The molecule has 0 bridgehead atoms. The highest BCUT2D eigenvalue weighted by molar-refractivity contribution is 6.02. The fourth-order valence-corrected chi connectivity index (χ4v) is 5.13. The molecular formula is C29H31N5O2. The topological polar surface area (TPSA) is 80.1 Å². The molecule has 7 heteroatoms. The SMILES string of the molecule is Cc1ccccc1[C@@H](C(=O)NC1CCCC1)N(C(=O)Cn1nnc2ccccc21)c1ccccc1C. The first-order valence-corrected chi connectivity index (χ1v) is 12.5. The van der Waals surface area contributed by atoms with Gasteiger partial charge in [0.05, 0.1) is 5.52 Å². The molecule has 36 heavy (non-hydrogen) atoms. The lowest BCUT2D eigenvalue weighted by Crippen LogP contribution is -2.47. The van der Waals surface area contributed by atoms with E-state index in [2.05, 4.69) is 15.6 Å². The first-order valence-electron chi connectivity index (χ1n) is 12.5. The molecule has 1 saturated carbocycles. The average Bonchev–Trinajstić information content (AvgIpc) is 3.54. The number of rotatable bonds is 7. The van der Waals surface area contributed by atoms with Crippen molar-refractivity contribution in [2.75, 3.05) is 4.90 Å². The van der Waals surface area contributed by atoms with Gasteiger partial charge in [0.1, 0.15) is 18.1 Å². The summed E-state index contributed by atoms with van der Waals surface area (Å²) in [6, 6.07) is 22.4. The summed E-state index contributed by atoms with van der Waals surface area (Å²) >= 11 is 0. The maximum Gasteiger partial charge on any atom is 0.249 e. The average molecular weight is 482 g/mol. The van der Waals surface area contributed by atoms with E-state index in [1.165, 1.54) is 0 Å². The quantitative estimate of drug-likeness (QED) is 0.408. The molecular weight excluding hydrogens is 450 g/mol. The molecule has 7 nitrogen and oxygen atoms in total. The molecule has 0 saturated heterocycles. The molecule has 0 spiro atoms. The molecule has 3 aromatic carbocycles. The normalized spacial score (nSPS) is 14.6. The van der Waals surface area contributed by atoms with Crippen LogP contribution in [-0.4, -0.2) is 32.9 Å². The number of carbonyl (C=O) groups excluding carboxylic acids is 2. The number of fused-ring (bicyclic) bond motifs is 1. The largest absolute Gasteiger partial charge is 0.351 e. The summed E-state index contributed by atoms with van der Waals surface area (Å²) in [5.41, 5.74) is 4.90. The predicted octanol–water partition coefficient (Wildman–Crippen LogP) is 4.88. The molecule has 1 aliphatic rings. The van der Waals surface area contributed by atoms with Crippen LogP contribution in [0.1, 0.15) is 48.4 Å². The van der Waals surface area contributed by atoms with E-state index >= 15 is 0 Å². The fraction of sp³-hybridized carbons (Fsp3) is 0.310. The van der Waals surface area contributed by atoms with E-state index in [0.29, 0.717) is 5.69 Å². The van der Waals surface area contributed by atoms with Gasteiger partial charge in [-0.25, -0.2) is 4.68 Å². The van der Waals surface area contributed by atoms with Crippen LogP contribution in [0.4, 0.5) is 5.69 Å². The molecule has 1 aliphatic carbocycles. The van der Waals surface area contributed by atoms with Crippen molar-refractivity contribution in [1.29, 1.82) is 0 Å². The van der Waals surface area contributed by atoms with Crippen molar-refractivity contribution in [3.8, 4) is 0 Å². The van der Waals surface area contributed by atoms with Crippen LogP contribution >= 0.6 is 0 Å². The number of aromatic nitrogens is 3. The van der Waals surface area contributed by atoms with E-state index in [4.69, 9.17) is 0 Å². The van der Waals surface area contributed by atoms with Gasteiger partial charge in [0, 0.05) is 11.7 Å². The van der Waals surface area contributed by atoms with Gasteiger partial charge < -0.3 is 5.32 Å². The molecule has 0 unspecified atom stereocenters. The number of nitrogens with one attached hydrogen (secondary N) is 1. The number of hydrogen-bond acceptors (Lipinski definition) is 4. The molecule has 1 fully saturated rings. The van der Waals surface area contributed by atoms with Gasteiger partial charge >= 0.3 is 0 Å². The molecule has 0 radical (unpaired) electrons. The zero-order chi connectivity index (χ0) is 25.1. The van der Waals surface area contributed by atoms with E-state index in [0.717, 1.165) is 53.4 Å². The van der Waals surface area contributed by atoms with E-state index in [1.807, 2.05) is 86.6 Å². The van der Waals surface area contributed by atoms with Gasteiger partial charge in [0.25, 0.3) is 0 Å². The number of nitrogens with zero attached hydrogens (tertiary/aromatic N) is 4. The molecule has 2 amide bonds. The second kappa shape index (κ2) is 10.3. The Kier molecular flexibility index (Phi) is 6.80. The summed E-state index contributed by atoms with van der Waals surface area (Å²) in [5, 5.41) is 11.7. The third kappa shape index (κ3) is 4.73. The molecule has 1 heterocycles. The Morgan fingerprint density at radius 3 is 2.36 bits per heavy atom. The Morgan fingerprint density at radius 2 is 1.61 bits per heavy atom. The minimum absolute atomic E-state index is 0.0338. The summed E-state index contributed by atoms with van der Waals surface area (Å²) in [6.45, 7) is 3.91. The lowest BCUT2D eigenvalue weighted by atomic mass is 9.97. The number of benzene rings is 3. The van der Waals surface area contributed by atoms with Crippen molar-refractivity contribution in [2.24, 2.45) is 0 Å². The Bertz CT molecular complexity index is 1390. The van der Waals surface area contributed by atoms with Gasteiger partial charge in [-0.1, -0.05) is 72.7 Å². The Hall–Kier alpha value is -4.00. The number of para-hydroxylation sites is 2. The van der Waals surface area contributed by atoms with E-state index < -0.39 is 6.04 Å². The van der Waals surface area contributed by atoms with Crippen LogP contribution in [0, 0.1) is 13.8 Å². The van der Waals surface area contributed by atoms with Crippen molar-refractivity contribution in [1.82, 2.24) is 20.3 Å². The van der Waals surface area contributed by atoms with Gasteiger partial charge in [-0.3, -0.25) is 14.5 Å². The van der Waals surface area contributed by atoms with E-state index in [9.17, 15) is 9.59 Å². The van der Waals surface area contributed by atoms with E-state index in [-0.39, 0.29) is 24.4 Å². The zero-order valence-corrected chi connectivity index (χ0v) is 20.7. The highest BCUT2D eigenvalue weighted by atomic mass is 16.2. The number of carbonyl (C=O) groups is 2. The van der Waals surface area contributed by atoms with Gasteiger partial charge in [-0.15, -0.1) is 5.10 Å². The van der Waals surface area contributed by atoms with Crippen LogP contribution in [0.25, 0.3) is 11.0 Å². The highest BCUT2D eigenvalue weighted by Crippen LogP contribution is 2.33. The second-order valence-corrected chi connectivity index (χ2v) is 9.54. The van der Waals surface area contributed by atoms with Crippen molar-refractivity contribution in [3.63, 3.8) is 0 Å². The van der Waals surface area contributed by atoms with Gasteiger partial charge in [-0.2, -0.15) is 0 Å². The maximum absolute atomic E-state index is 14.1. The Labute approximate surface area is 211 Å². The lowest BCUT2D eigenvalue weighted by molar-refractivity contribution is -0.127. The van der Waals surface area contributed by atoms with Gasteiger partial charge in [-0.05, 0) is 61.6 Å². The van der Waals surface area contributed by atoms with Crippen molar-refractivity contribution < 1.29 is 9.59 Å². The smallest absolute Gasteiger partial charge is 0.249 e. The number of amides is 2. The first kappa shape index (κ1) is 23.7.